The molecule has 0 aromatic heterocycles. The zero-order chi connectivity index (χ0) is 55.6. The number of rotatable bonds is 24. The van der Waals surface area contributed by atoms with Crippen LogP contribution in [-0.4, -0.2) is 262 Å². The maximum Gasteiger partial charge on any atom is 0.188 e. The van der Waals surface area contributed by atoms with Crippen molar-refractivity contribution in [2.75, 3.05) is 26.4 Å². The third kappa shape index (κ3) is 16.3. The van der Waals surface area contributed by atoms with Crippen LogP contribution in [0.25, 0.3) is 0 Å². The number of aliphatic hydroxyl groups excluding tert-OH is 15. The van der Waals surface area contributed by atoms with Crippen LogP contribution in [0.4, 0.5) is 0 Å². The van der Waals surface area contributed by atoms with Crippen molar-refractivity contribution in [2.24, 2.45) is 0 Å². The fraction of sp³-hybridized carbons (Fsp3) is 0.840. The largest absolute Gasteiger partial charge is 0.394 e. The van der Waals surface area contributed by atoms with E-state index in [2.05, 4.69) is 18.7 Å². The molecule has 5 rings (SSSR count). The van der Waals surface area contributed by atoms with Crippen LogP contribution in [0.2, 0.25) is 0 Å². The highest BCUT2D eigenvalue weighted by Crippen LogP contribution is 2.35. The first kappa shape index (κ1) is 63.8. The first-order valence-corrected chi connectivity index (χ1v) is 25.5. The zero-order valence-electron chi connectivity index (χ0n) is 43.3. The summed E-state index contributed by atoms with van der Waals surface area (Å²) in [7, 11) is 0. The van der Waals surface area contributed by atoms with Crippen LogP contribution in [0.5, 0.6) is 0 Å². The van der Waals surface area contributed by atoms with Gasteiger partial charge < -0.3 is 124 Å². The van der Waals surface area contributed by atoms with Gasteiger partial charge in [0, 0.05) is 0 Å². The second-order valence-corrected chi connectivity index (χ2v) is 20.5. The molecule has 0 bridgehead atoms. The van der Waals surface area contributed by atoms with Crippen molar-refractivity contribution in [3.05, 3.63) is 47.6 Å². The smallest absolute Gasteiger partial charge is 0.188 e. The monoisotopic (exact) mass is 1080 g/mol. The van der Waals surface area contributed by atoms with Gasteiger partial charge in [0.25, 0.3) is 0 Å². The van der Waals surface area contributed by atoms with Crippen molar-refractivity contribution in [3.8, 4) is 0 Å². The Morgan fingerprint density at radius 1 is 0.467 bits per heavy atom. The Balaban J connectivity index is 1.06. The molecule has 5 aliphatic heterocycles. The average Bonchev–Trinajstić information content (AvgIpc) is 3.38. The van der Waals surface area contributed by atoms with E-state index in [1.165, 1.54) is 19.9 Å². The van der Waals surface area contributed by atoms with Crippen molar-refractivity contribution in [1.82, 2.24) is 0 Å². The molecular weight excluding hydrogens is 1000 g/mol. The topological polar surface area (TPSA) is 396 Å². The van der Waals surface area contributed by atoms with Crippen LogP contribution in [0.15, 0.2) is 47.6 Å². The van der Waals surface area contributed by atoms with E-state index in [0.717, 1.165) is 36.0 Å². The van der Waals surface area contributed by atoms with Gasteiger partial charge in [-0.2, -0.15) is 0 Å². The first-order chi connectivity index (χ1) is 35.4. The molecule has 0 aliphatic carbocycles. The molecule has 0 aromatic carbocycles. The van der Waals surface area contributed by atoms with Gasteiger partial charge in [-0.25, -0.2) is 0 Å². The Morgan fingerprint density at radius 2 is 0.907 bits per heavy atom. The lowest BCUT2D eigenvalue weighted by Gasteiger charge is -2.47. The highest BCUT2D eigenvalue weighted by atomic mass is 16.8. The average molecular weight is 1090 g/mol. The van der Waals surface area contributed by atoms with Crippen LogP contribution in [0.3, 0.4) is 0 Å². The zero-order valence-corrected chi connectivity index (χ0v) is 43.3. The van der Waals surface area contributed by atoms with Gasteiger partial charge in [0.05, 0.1) is 44.2 Å². The molecule has 5 saturated heterocycles. The minimum atomic E-state index is -1.84. The molecule has 0 spiro atoms. The fourth-order valence-electron chi connectivity index (χ4n) is 9.24. The maximum atomic E-state index is 11.3. The number of aliphatic hydroxyl groups is 15. The van der Waals surface area contributed by atoms with Crippen molar-refractivity contribution in [2.45, 2.75) is 239 Å². The van der Waals surface area contributed by atoms with Crippen LogP contribution in [-0.2, 0) is 47.4 Å². The van der Waals surface area contributed by atoms with E-state index in [1.807, 2.05) is 26.8 Å². The molecule has 75 heavy (non-hydrogen) atoms. The number of ether oxygens (including phenoxy) is 10. The lowest BCUT2D eigenvalue weighted by atomic mass is 9.95. The van der Waals surface area contributed by atoms with Crippen LogP contribution < -0.4 is 0 Å². The Bertz CT molecular complexity index is 1840. The summed E-state index contributed by atoms with van der Waals surface area (Å²) in [5, 5.41) is 157. The van der Waals surface area contributed by atoms with E-state index in [1.54, 1.807) is 6.92 Å². The summed E-state index contributed by atoms with van der Waals surface area (Å²) in [6.45, 7) is 12.6. The summed E-state index contributed by atoms with van der Waals surface area (Å²) in [5.41, 5.74) is 1.99. The Hall–Kier alpha value is -2.04. The molecular formula is C50H84O25. The van der Waals surface area contributed by atoms with Gasteiger partial charge >= 0.3 is 0 Å². The van der Waals surface area contributed by atoms with E-state index in [0.29, 0.717) is 19.3 Å². The van der Waals surface area contributed by atoms with Crippen LogP contribution in [0.1, 0.15) is 80.1 Å². The lowest BCUT2D eigenvalue weighted by Crippen LogP contribution is -2.65. The van der Waals surface area contributed by atoms with Crippen molar-refractivity contribution in [1.29, 1.82) is 0 Å². The molecule has 25 nitrogen and oxygen atoms in total. The molecule has 434 valence electrons. The summed E-state index contributed by atoms with van der Waals surface area (Å²) < 4.78 is 57.5. The maximum absolute atomic E-state index is 11.3. The van der Waals surface area contributed by atoms with Gasteiger partial charge in [0.1, 0.15) is 110 Å². The molecule has 25 heteroatoms. The van der Waals surface area contributed by atoms with Gasteiger partial charge in [0.2, 0.25) is 0 Å². The summed E-state index contributed by atoms with van der Waals surface area (Å²) >= 11 is 0. The van der Waals surface area contributed by atoms with Gasteiger partial charge in [0.15, 0.2) is 31.5 Å². The van der Waals surface area contributed by atoms with Crippen molar-refractivity contribution >= 4 is 0 Å². The van der Waals surface area contributed by atoms with Gasteiger partial charge in [-0.15, -0.1) is 6.58 Å². The van der Waals surface area contributed by atoms with Gasteiger partial charge in [-0.05, 0) is 80.1 Å². The molecule has 0 amide bonds. The third-order valence-electron chi connectivity index (χ3n) is 14.4. The Kier molecular flexibility index (Phi) is 24.6. The van der Waals surface area contributed by atoms with E-state index < -0.39 is 179 Å². The molecule has 15 N–H and O–H groups in total. The molecule has 5 heterocycles. The molecule has 0 unspecified atom stereocenters. The summed E-state index contributed by atoms with van der Waals surface area (Å²) in [6.07, 6.45) is -26.3. The fourth-order valence-corrected chi connectivity index (χ4v) is 9.24. The van der Waals surface area contributed by atoms with Gasteiger partial charge in [-0.3, -0.25) is 0 Å². The third-order valence-corrected chi connectivity index (χ3v) is 14.4. The molecule has 26 atom stereocenters. The number of hydrogen-bond acceptors (Lipinski definition) is 25. The Morgan fingerprint density at radius 3 is 1.47 bits per heavy atom. The Labute approximate surface area is 436 Å². The SMILES string of the molecule is C=C[C@](C)(CC/C=C(/C)CC/C=C(/C)CC/C=C(/C)CO[C@H]1O[C@@H](C)[C@H](O)[C@H](O[C@H]2O[C@@H](CO[C@H]3O[C@H](C)[C@H](O)[C@@H](O)[C@@H]3O)[C@H](O)[C@H](O)[C@H]2O)[C@H]1O)O[C@H]1O[C@@H](CO)[C@@H](O)[C@@H](O)[C@@H]1O[C@@H]1O[C@H](CO)[C@@H](O)[C@@H](O)[C@@H]1O. The number of allylic oxidation sites excluding steroid dienone is 5. The van der Waals surface area contributed by atoms with Crippen molar-refractivity contribution in [3.63, 3.8) is 0 Å². The first-order valence-electron chi connectivity index (χ1n) is 25.5. The molecule has 0 saturated carbocycles. The van der Waals surface area contributed by atoms with E-state index >= 15 is 0 Å². The molecule has 5 fully saturated rings. The molecule has 5 aliphatic rings. The van der Waals surface area contributed by atoms with Gasteiger partial charge in [-0.1, -0.05) is 41.0 Å². The van der Waals surface area contributed by atoms with E-state index in [-0.39, 0.29) is 6.61 Å². The summed E-state index contributed by atoms with van der Waals surface area (Å²) in [4.78, 5) is 0. The van der Waals surface area contributed by atoms with Crippen molar-refractivity contribution < 1.29 is 124 Å². The molecule has 0 aromatic rings. The normalized spacial score (nSPS) is 44.3. The predicted molar refractivity (Wildman–Crippen MR) is 257 cm³/mol. The predicted octanol–water partition coefficient (Wildman–Crippen LogP) is -3.73. The minimum absolute atomic E-state index is 0.0463. The second-order valence-electron chi connectivity index (χ2n) is 20.5. The van der Waals surface area contributed by atoms with E-state index in [4.69, 9.17) is 47.4 Å². The van der Waals surface area contributed by atoms with Crippen LogP contribution >= 0.6 is 0 Å². The van der Waals surface area contributed by atoms with Crippen LogP contribution in [0, 0.1) is 0 Å². The second kappa shape index (κ2) is 28.9. The summed E-state index contributed by atoms with van der Waals surface area (Å²) in [5.74, 6) is 0. The highest BCUT2D eigenvalue weighted by molar-refractivity contribution is 5.08. The minimum Gasteiger partial charge on any atom is -0.394 e. The highest BCUT2D eigenvalue weighted by Gasteiger charge is 2.54. The van der Waals surface area contributed by atoms with E-state index in [9.17, 15) is 76.6 Å². The summed E-state index contributed by atoms with van der Waals surface area (Å²) in [6, 6.07) is 0. The lowest BCUT2D eigenvalue weighted by molar-refractivity contribution is -0.375. The molecule has 0 radical (unpaired) electrons. The standard InChI is InChI=1S/C50H84O25/c1-8-50(7,75-49-44(38(61)33(56)28(19-52)71-49)74-47-40(63)36(59)32(55)27(18-51)70-47)17-11-16-23(3)13-9-12-22(2)14-10-15-24(4)20-66-46-42(65)43(31(54)26(6)69-46)73-48-41(64)37(60)34(57)29(72-48)21-67-45-39(62)35(58)30(53)25(5)68-45/h8,12,15-16,25-49,51-65H,1,9-11,13-14,17-21H2,2-7H3/b22-12-,23-16-,24-15-/t25-,26+,27-,28+,29+,30+,31+,32-,33-,34+,35-,36-,37+,38-,39+,40+,41-,42-,43+,44+,45+,46+,47+,48-,49-,50-/m1/s1. The number of hydrogen-bond donors (Lipinski definition) is 15. The quantitative estimate of drug-likeness (QED) is 0.0413.